The zero-order chi connectivity index (χ0) is 13.9. The lowest BCUT2D eigenvalue weighted by atomic mass is 10.1. The Bertz CT molecular complexity index is 425. The largest absolute Gasteiger partial charge is 0.478 e. The molecule has 0 aliphatic heterocycles. The molecule has 0 bridgehead atoms. The number of hydrogen-bond acceptors (Lipinski definition) is 2. The minimum atomic E-state index is -0.871. The first-order valence-electron chi connectivity index (χ1n) is 6.43. The van der Waals surface area contributed by atoms with Crippen molar-refractivity contribution in [2.24, 2.45) is 5.92 Å². The number of benzene rings is 1. The second kappa shape index (κ2) is 5.89. The molecule has 18 heavy (non-hydrogen) atoms. The maximum atomic E-state index is 10.9. The van der Waals surface area contributed by atoms with Gasteiger partial charge in [-0.3, -0.25) is 0 Å². The van der Waals surface area contributed by atoms with E-state index in [1.165, 1.54) is 0 Å². The molecule has 0 saturated carbocycles. The molecule has 1 aromatic rings. The Morgan fingerprint density at radius 1 is 1.28 bits per heavy atom. The molecule has 0 unspecified atom stereocenters. The van der Waals surface area contributed by atoms with Gasteiger partial charge < -0.3 is 10.0 Å². The molecule has 0 amide bonds. The third kappa shape index (κ3) is 3.49. The van der Waals surface area contributed by atoms with Crippen molar-refractivity contribution in [2.45, 2.75) is 40.7 Å². The Kier molecular flexibility index (Phi) is 4.76. The number of nitrogens with zero attached hydrogens (tertiary/aromatic N) is 1. The summed E-state index contributed by atoms with van der Waals surface area (Å²) in [6.07, 6.45) is 0. The van der Waals surface area contributed by atoms with E-state index in [9.17, 15) is 4.79 Å². The van der Waals surface area contributed by atoms with Crippen molar-refractivity contribution in [3.63, 3.8) is 0 Å². The molecule has 100 valence electrons. The number of hydrogen-bond donors (Lipinski definition) is 1. The van der Waals surface area contributed by atoms with Gasteiger partial charge in [-0.25, -0.2) is 4.79 Å². The summed E-state index contributed by atoms with van der Waals surface area (Å²) in [5, 5.41) is 8.98. The van der Waals surface area contributed by atoms with E-state index in [4.69, 9.17) is 5.11 Å². The van der Waals surface area contributed by atoms with Crippen molar-refractivity contribution < 1.29 is 9.90 Å². The van der Waals surface area contributed by atoms with E-state index in [1.807, 2.05) is 13.0 Å². The van der Waals surface area contributed by atoms with Crippen molar-refractivity contribution >= 4 is 11.7 Å². The van der Waals surface area contributed by atoms with Gasteiger partial charge >= 0.3 is 5.97 Å². The summed E-state index contributed by atoms with van der Waals surface area (Å²) in [6.45, 7) is 11.6. The third-order valence-corrected chi connectivity index (χ3v) is 2.94. The Morgan fingerprint density at radius 3 is 2.28 bits per heavy atom. The monoisotopic (exact) mass is 249 g/mol. The summed E-state index contributed by atoms with van der Waals surface area (Å²) in [6, 6.07) is 5.75. The lowest BCUT2D eigenvalue weighted by molar-refractivity contribution is 0.0697. The molecule has 0 saturated heterocycles. The second-order valence-electron chi connectivity index (χ2n) is 5.45. The number of aromatic carboxylic acids is 1. The molecule has 1 aromatic carbocycles. The van der Waals surface area contributed by atoms with Crippen LogP contribution in [-0.4, -0.2) is 23.7 Å². The smallest absolute Gasteiger partial charge is 0.335 e. The van der Waals surface area contributed by atoms with Crippen LogP contribution >= 0.6 is 0 Å². The van der Waals surface area contributed by atoms with E-state index in [0.717, 1.165) is 17.8 Å². The third-order valence-electron chi connectivity index (χ3n) is 2.94. The maximum absolute atomic E-state index is 10.9. The molecular formula is C15H23NO2. The van der Waals surface area contributed by atoms with Crippen molar-refractivity contribution in [1.82, 2.24) is 0 Å². The van der Waals surface area contributed by atoms with E-state index in [0.29, 0.717) is 17.5 Å². The van der Waals surface area contributed by atoms with Crippen molar-refractivity contribution in [3.8, 4) is 0 Å². The first-order chi connectivity index (χ1) is 8.32. The zero-order valence-corrected chi connectivity index (χ0v) is 11.9. The topological polar surface area (TPSA) is 40.5 Å². The van der Waals surface area contributed by atoms with Crippen LogP contribution in [0, 0.1) is 12.8 Å². The van der Waals surface area contributed by atoms with Gasteiger partial charge in [-0.05, 0) is 50.5 Å². The molecule has 3 heteroatoms. The highest BCUT2D eigenvalue weighted by Crippen LogP contribution is 2.24. The summed E-state index contributed by atoms with van der Waals surface area (Å²) < 4.78 is 0. The van der Waals surface area contributed by atoms with Crippen LogP contribution in [0.15, 0.2) is 18.2 Å². The van der Waals surface area contributed by atoms with Crippen LogP contribution in [-0.2, 0) is 0 Å². The average Bonchev–Trinajstić information content (AvgIpc) is 2.25. The Hall–Kier alpha value is -1.51. The fourth-order valence-corrected chi connectivity index (χ4v) is 2.09. The quantitative estimate of drug-likeness (QED) is 0.867. The lowest BCUT2D eigenvalue weighted by Gasteiger charge is -2.32. The Balaban J connectivity index is 3.09. The van der Waals surface area contributed by atoms with Gasteiger partial charge in [-0.15, -0.1) is 0 Å². The van der Waals surface area contributed by atoms with Crippen LogP contribution in [0.25, 0.3) is 0 Å². The molecule has 0 aliphatic rings. The first kappa shape index (κ1) is 14.6. The lowest BCUT2D eigenvalue weighted by Crippen LogP contribution is -2.34. The van der Waals surface area contributed by atoms with Gasteiger partial charge in [0.1, 0.15) is 0 Å². The summed E-state index contributed by atoms with van der Waals surface area (Å²) in [4.78, 5) is 13.3. The number of carboxylic acid groups (broad SMARTS) is 1. The number of carbonyl (C=O) groups is 1. The highest BCUT2D eigenvalue weighted by Gasteiger charge is 2.15. The Labute approximate surface area is 109 Å². The maximum Gasteiger partial charge on any atom is 0.335 e. The van der Waals surface area contributed by atoms with Gasteiger partial charge in [0.25, 0.3) is 0 Å². The summed E-state index contributed by atoms with van der Waals surface area (Å²) in [7, 11) is 0. The number of aryl methyl sites for hydroxylation is 1. The van der Waals surface area contributed by atoms with Crippen molar-refractivity contribution in [1.29, 1.82) is 0 Å². The Morgan fingerprint density at radius 2 is 1.89 bits per heavy atom. The predicted octanol–water partition coefficient (Wildman–Crippen LogP) is 3.56. The molecule has 0 atom stereocenters. The van der Waals surface area contributed by atoms with E-state index in [1.54, 1.807) is 12.1 Å². The van der Waals surface area contributed by atoms with Crippen LogP contribution in [0.3, 0.4) is 0 Å². The van der Waals surface area contributed by atoms with E-state index in [-0.39, 0.29) is 0 Å². The van der Waals surface area contributed by atoms with Gasteiger partial charge in [0.15, 0.2) is 0 Å². The molecular weight excluding hydrogens is 226 g/mol. The SMILES string of the molecule is Cc1cc(C(=O)O)ccc1N(CC(C)C)C(C)C. The van der Waals surface area contributed by atoms with Gasteiger partial charge in [0.05, 0.1) is 5.56 Å². The van der Waals surface area contributed by atoms with Gasteiger partial charge in [0, 0.05) is 18.3 Å². The normalized spacial score (nSPS) is 11.1. The van der Waals surface area contributed by atoms with Gasteiger partial charge in [0.2, 0.25) is 0 Å². The number of carboxylic acids is 1. The predicted molar refractivity (Wildman–Crippen MR) is 75.5 cm³/mol. The number of anilines is 1. The average molecular weight is 249 g/mol. The zero-order valence-electron chi connectivity index (χ0n) is 11.9. The van der Waals surface area contributed by atoms with Gasteiger partial charge in [-0.1, -0.05) is 13.8 Å². The fourth-order valence-electron chi connectivity index (χ4n) is 2.09. The summed E-state index contributed by atoms with van der Waals surface area (Å²) in [5.41, 5.74) is 2.50. The minimum absolute atomic E-state index is 0.351. The second-order valence-corrected chi connectivity index (χ2v) is 5.45. The molecule has 0 radical (unpaired) electrons. The molecule has 0 heterocycles. The van der Waals surface area contributed by atoms with E-state index >= 15 is 0 Å². The molecule has 3 nitrogen and oxygen atoms in total. The molecule has 1 rings (SSSR count). The van der Waals surface area contributed by atoms with Crippen LogP contribution in [0.2, 0.25) is 0 Å². The van der Waals surface area contributed by atoms with Crippen molar-refractivity contribution in [3.05, 3.63) is 29.3 Å². The minimum Gasteiger partial charge on any atom is -0.478 e. The van der Waals surface area contributed by atoms with E-state index < -0.39 is 5.97 Å². The highest BCUT2D eigenvalue weighted by atomic mass is 16.4. The van der Waals surface area contributed by atoms with Gasteiger partial charge in [-0.2, -0.15) is 0 Å². The van der Waals surface area contributed by atoms with E-state index in [2.05, 4.69) is 32.6 Å². The summed E-state index contributed by atoms with van der Waals surface area (Å²) in [5.74, 6) is -0.296. The molecule has 1 N–H and O–H groups in total. The van der Waals surface area contributed by atoms with Crippen molar-refractivity contribution in [2.75, 3.05) is 11.4 Å². The molecule has 0 spiro atoms. The van der Waals surface area contributed by atoms with Crippen LogP contribution in [0.1, 0.15) is 43.6 Å². The van der Waals surface area contributed by atoms with Crippen LogP contribution in [0.5, 0.6) is 0 Å². The standard InChI is InChI=1S/C15H23NO2/c1-10(2)9-16(11(3)4)14-7-6-13(15(17)18)8-12(14)5/h6-8,10-11H,9H2,1-5H3,(H,17,18). The number of rotatable bonds is 5. The highest BCUT2D eigenvalue weighted by molar-refractivity contribution is 5.88. The molecule has 0 aromatic heterocycles. The molecule has 0 aliphatic carbocycles. The van der Waals surface area contributed by atoms with Crippen LogP contribution < -0.4 is 4.90 Å². The molecule has 0 fully saturated rings. The van der Waals surface area contributed by atoms with Crippen LogP contribution in [0.4, 0.5) is 5.69 Å². The first-order valence-corrected chi connectivity index (χ1v) is 6.43. The fraction of sp³-hybridized carbons (Fsp3) is 0.533. The summed E-state index contributed by atoms with van der Waals surface area (Å²) >= 11 is 0.